The highest BCUT2D eigenvalue weighted by Gasteiger charge is 2.33. The first-order valence-electron chi connectivity index (χ1n) is 8.39. The van der Waals surface area contributed by atoms with E-state index in [-0.39, 0.29) is 11.4 Å². The number of amides is 2. The van der Waals surface area contributed by atoms with Crippen molar-refractivity contribution in [1.29, 1.82) is 0 Å². The van der Waals surface area contributed by atoms with Gasteiger partial charge < -0.3 is 15.4 Å². The minimum atomic E-state index is -4.70. The van der Waals surface area contributed by atoms with Crippen LogP contribution in [0, 0.1) is 0 Å². The lowest BCUT2D eigenvalue weighted by Crippen LogP contribution is -2.29. The fourth-order valence-corrected chi connectivity index (χ4v) is 2.60. The summed E-state index contributed by atoms with van der Waals surface area (Å²) >= 11 is 5.53. The van der Waals surface area contributed by atoms with Gasteiger partial charge in [-0.15, -0.1) is 0 Å². The number of pyridine rings is 1. The number of hydrogen-bond acceptors (Lipinski definition) is 4. The van der Waals surface area contributed by atoms with Crippen molar-refractivity contribution in [3.05, 3.63) is 77.6 Å². The number of benzene rings is 2. The predicted octanol–water partition coefficient (Wildman–Crippen LogP) is 5.12. The minimum absolute atomic E-state index is 0.221. The van der Waals surface area contributed by atoms with E-state index in [9.17, 15) is 22.8 Å². The van der Waals surface area contributed by atoms with Crippen LogP contribution in [0.1, 0.15) is 5.56 Å². The van der Waals surface area contributed by atoms with E-state index in [2.05, 4.69) is 15.6 Å². The molecule has 0 saturated carbocycles. The first-order valence-corrected chi connectivity index (χ1v) is 8.77. The Kier molecular flexibility index (Phi) is 6.22. The number of carbonyl (C=O) groups excluding carboxylic acids is 2. The van der Waals surface area contributed by atoms with Gasteiger partial charge in [-0.05, 0) is 42.5 Å². The monoisotopic (exact) mass is 435 g/mol. The van der Waals surface area contributed by atoms with Crippen LogP contribution in [0.2, 0.25) is 5.02 Å². The van der Waals surface area contributed by atoms with Crippen molar-refractivity contribution in [2.75, 3.05) is 10.6 Å². The SMILES string of the molecule is O=C(Nc1cccc(Oc2ccncc2)c1)C(=O)Nc1ccc(Cl)c(C(F)(F)F)c1. The van der Waals surface area contributed by atoms with Crippen molar-refractivity contribution in [3.63, 3.8) is 0 Å². The molecule has 2 aromatic carbocycles. The number of aromatic nitrogens is 1. The van der Waals surface area contributed by atoms with Gasteiger partial charge >= 0.3 is 18.0 Å². The van der Waals surface area contributed by atoms with E-state index in [0.717, 1.165) is 12.1 Å². The molecular weight excluding hydrogens is 423 g/mol. The first kappa shape index (κ1) is 21.1. The number of rotatable bonds is 4. The second-order valence-electron chi connectivity index (χ2n) is 5.91. The molecule has 30 heavy (non-hydrogen) atoms. The maximum absolute atomic E-state index is 12.9. The second-order valence-corrected chi connectivity index (χ2v) is 6.32. The third-order valence-corrected chi connectivity index (χ3v) is 4.04. The number of nitrogens with one attached hydrogen (secondary N) is 2. The third-order valence-electron chi connectivity index (χ3n) is 3.71. The molecule has 0 saturated heterocycles. The smallest absolute Gasteiger partial charge is 0.417 e. The van der Waals surface area contributed by atoms with Gasteiger partial charge in [0.2, 0.25) is 0 Å². The lowest BCUT2D eigenvalue weighted by atomic mass is 10.2. The molecule has 0 aliphatic rings. The molecule has 2 N–H and O–H groups in total. The summed E-state index contributed by atoms with van der Waals surface area (Å²) in [5.74, 6) is -1.30. The number of carbonyl (C=O) groups is 2. The molecule has 3 rings (SSSR count). The van der Waals surface area contributed by atoms with E-state index in [1.54, 1.807) is 36.7 Å². The summed E-state index contributed by atoms with van der Waals surface area (Å²) in [5.41, 5.74) is -1.08. The molecule has 0 radical (unpaired) electrons. The Hall–Kier alpha value is -3.59. The van der Waals surface area contributed by atoms with E-state index in [4.69, 9.17) is 16.3 Å². The number of anilines is 2. The molecule has 3 aromatic rings. The van der Waals surface area contributed by atoms with E-state index < -0.39 is 28.6 Å². The van der Waals surface area contributed by atoms with E-state index >= 15 is 0 Å². The summed E-state index contributed by atoms with van der Waals surface area (Å²) in [6.07, 6.45) is -1.60. The molecule has 0 spiro atoms. The zero-order chi connectivity index (χ0) is 21.7. The van der Waals surface area contributed by atoms with Crippen LogP contribution >= 0.6 is 11.6 Å². The average molecular weight is 436 g/mol. The molecule has 0 bridgehead atoms. The Morgan fingerprint density at radius 2 is 1.50 bits per heavy atom. The molecule has 0 aliphatic heterocycles. The first-order chi connectivity index (χ1) is 14.2. The van der Waals surface area contributed by atoms with Crippen molar-refractivity contribution in [2.24, 2.45) is 0 Å². The Labute approximate surface area is 173 Å². The van der Waals surface area contributed by atoms with Gasteiger partial charge in [-0.3, -0.25) is 14.6 Å². The van der Waals surface area contributed by atoms with Gasteiger partial charge in [0.05, 0.1) is 10.6 Å². The van der Waals surface area contributed by atoms with Crippen LogP contribution < -0.4 is 15.4 Å². The molecular formula is C20H13ClF3N3O3. The van der Waals surface area contributed by atoms with Crippen molar-refractivity contribution in [3.8, 4) is 11.5 Å². The highest BCUT2D eigenvalue weighted by molar-refractivity contribution is 6.43. The molecule has 10 heteroatoms. The fraction of sp³-hybridized carbons (Fsp3) is 0.0500. The quantitative estimate of drug-likeness (QED) is 0.557. The van der Waals surface area contributed by atoms with Crippen molar-refractivity contribution in [1.82, 2.24) is 4.98 Å². The van der Waals surface area contributed by atoms with Gasteiger partial charge in [0.1, 0.15) is 11.5 Å². The number of nitrogens with zero attached hydrogens (tertiary/aromatic N) is 1. The van der Waals surface area contributed by atoms with Crippen molar-refractivity contribution < 1.29 is 27.5 Å². The highest BCUT2D eigenvalue weighted by Crippen LogP contribution is 2.36. The fourth-order valence-electron chi connectivity index (χ4n) is 2.38. The largest absolute Gasteiger partial charge is 0.457 e. The summed E-state index contributed by atoms with van der Waals surface area (Å²) in [5, 5.41) is 3.94. The predicted molar refractivity (Wildman–Crippen MR) is 104 cm³/mol. The van der Waals surface area contributed by atoms with E-state index in [1.165, 1.54) is 12.1 Å². The van der Waals surface area contributed by atoms with Crippen molar-refractivity contribution >= 4 is 34.8 Å². The lowest BCUT2D eigenvalue weighted by molar-refractivity contribution is -0.137. The third kappa shape index (κ3) is 5.48. The Morgan fingerprint density at radius 3 is 2.13 bits per heavy atom. The molecule has 2 amide bonds. The molecule has 154 valence electrons. The number of ether oxygens (including phenoxy) is 1. The zero-order valence-corrected chi connectivity index (χ0v) is 15.8. The van der Waals surface area contributed by atoms with Crippen molar-refractivity contribution in [2.45, 2.75) is 6.18 Å². The Morgan fingerprint density at radius 1 is 0.867 bits per heavy atom. The molecule has 0 aliphatic carbocycles. The van der Waals surface area contributed by atoms with Crippen LogP contribution in [0.25, 0.3) is 0 Å². The molecule has 1 heterocycles. The molecule has 0 unspecified atom stereocenters. The second kappa shape index (κ2) is 8.83. The van der Waals surface area contributed by atoms with Crippen LogP contribution in [0.5, 0.6) is 11.5 Å². The van der Waals surface area contributed by atoms with Gasteiger partial charge in [-0.25, -0.2) is 0 Å². The molecule has 0 atom stereocenters. The minimum Gasteiger partial charge on any atom is -0.457 e. The van der Waals surface area contributed by atoms with Gasteiger partial charge in [0.25, 0.3) is 0 Å². The summed E-state index contributed by atoms with van der Waals surface area (Å²) in [6, 6.07) is 12.3. The highest BCUT2D eigenvalue weighted by atomic mass is 35.5. The maximum atomic E-state index is 12.9. The van der Waals surface area contributed by atoms with Crippen LogP contribution in [0.4, 0.5) is 24.5 Å². The van der Waals surface area contributed by atoms with Gasteiger partial charge in [-0.2, -0.15) is 13.2 Å². The zero-order valence-electron chi connectivity index (χ0n) is 15.0. The number of hydrogen-bond donors (Lipinski definition) is 2. The van der Waals surface area contributed by atoms with Crippen LogP contribution in [-0.2, 0) is 15.8 Å². The number of halogens is 4. The molecule has 0 fully saturated rings. The Bertz CT molecular complexity index is 1080. The van der Waals surface area contributed by atoms with Gasteiger partial charge in [0.15, 0.2) is 0 Å². The van der Waals surface area contributed by atoms with E-state index in [0.29, 0.717) is 17.6 Å². The normalized spacial score (nSPS) is 10.9. The summed E-state index contributed by atoms with van der Waals surface area (Å²) in [6.45, 7) is 0. The number of alkyl halides is 3. The average Bonchev–Trinajstić information content (AvgIpc) is 2.69. The molecule has 6 nitrogen and oxygen atoms in total. The van der Waals surface area contributed by atoms with Crippen LogP contribution in [0.3, 0.4) is 0 Å². The topological polar surface area (TPSA) is 80.3 Å². The van der Waals surface area contributed by atoms with Gasteiger partial charge in [-0.1, -0.05) is 17.7 Å². The van der Waals surface area contributed by atoms with E-state index in [1.807, 2.05) is 0 Å². The molecule has 1 aromatic heterocycles. The van der Waals surface area contributed by atoms with Crippen LogP contribution in [0.15, 0.2) is 67.0 Å². The maximum Gasteiger partial charge on any atom is 0.417 e. The summed E-state index contributed by atoms with van der Waals surface area (Å²) in [7, 11) is 0. The Balaban J connectivity index is 1.66. The standard InChI is InChI=1S/C20H13ClF3N3O3/c21-17-5-4-13(11-16(17)20(22,23)24)27-19(29)18(28)26-12-2-1-3-15(10-12)30-14-6-8-25-9-7-14/h1-11H,(H,26,28)(H,27,29). The van der Waals surface area contributed by atoms with Crippen LogP contribution in [-0.4, -0.2) is 16.8 Å². The van der Waals surface area contributed by atoms with Gasteiger partial charge in [0, 0.05) is 29.8 Å². The summed E-state index contributed by atoms with van der Waals surface area (Å²) in [4.78, 5) is 28.0. The lowest BCUT2D eigenvalue weighted by Gasteiger charge is -2.12. The summed E-state index contributed by atoms with van der Waals surface area (Å²) < 4.78 is 44.3.